The van der Waals surface area contributed by atoms with E-state index in [4.69, 9.17) is 12.2 Å². The van der Waals surface area contributed by atoms with Crippen LogP contribution in [0, 0.1) is 5.92 Å². The number of thiocarbonyl (C=S) groups is 1. The Morgan fingerprint density at radius 1 is 1.24 bits per heavy atom. The molecule has 1 fully saturated rings. The number of benzene rings is 1. The lowest BCUT2D eigenvalue weighted by Gasteiger charge is -2.30. The quantitative estimate of drug-likeness (QED) is 0.762. The Morgan fingerprint density at radius 3 is 2.84 bits per heavy atom. The summed E-state index contributed by atoms with van der Waals surface area (Å²) in [5.74, 6) is 0.207. The minimum absolute atomic E-state index is 0.0149. The molecule has 0 radical (unpaired) electrons. The number of amides is 2. The summed E-state index contributed by atoms with van der Waals surface area (Å²) in [5, 5.41) is 1.93. The van der Waals surface area contributed by atoms with Crippen molar-refractivity contribution in [1.29, 1.82) is 0 Å². The van der Waals surface area contributed by atoms with E-state index >= 15 is 0 Å². The molecule has 2 atom stereocenters. The Morgan fingerprint density at radius 2 is 2.04 bits per heavy atom. The zero-order chi connectivity index (χ0) is 17.4. The highest BCUT2D eigenvalue weighted by atomic mass is 32.2. The van der Waals surface area contributed by atoms with Gasteiger partial charge in [0.1, 0.15) is 5.25 Å². The van der Waals surface area contributed by atoms with Gasteiger partial charge in [0.05, 0.1) is 5.71 Å². The molecule has 0 saturated carbocycles. The van der Waals surface area contributed by atoms with E-state index in [1.807, 2.05) is 46.7 Å². The number of fused-ring (bicyclic) bond motifs is 1. The molecule has 3 heterocycles. The fourth-order valence-electron chi connectivity index (χ4n) is 3.39. The lowest BCUT2D eigenvalue weighted by molar-refractivity contribution is -0.128. The SMILES string of the molecule is O=C1CC(CN2C(=O)C3SC=CC3=NC2=S)CN1Cc1ccccc1. The maximum Gasteiger partial charge on any atom is 0.248 e. The van der Waals surface area contributed by atoms with Gasteiger partial charge in [-0.05, 0) is 29.3 Å². The summed E-state index contributed by atoms with van der Waals surface area (Å²) in [6, 6.07) is 9.95. The van der Waals surface area contributed by atoms with Gasteiger partial charge in [0.2, 0.25) is 16.9 Å². The number of hydrogen-bond acceptors (Lipinski definition) is 4. The molecule has 128 valence electrons. The number of likely N-dealkylation sites (tertiary alicyclic amines) is 1. The molecule has 0 aliphatic carbocycles. The van der Waals surface area contributed by atoms with Gasteiger partial charge in [0.25, 0.3) is 0 Å². The first kappa shape index (κ1) is 16.5. The Kier molecular flexibility index (Phi) is 4.43. The molecule has 1 aromatic rings. The van der Waals surface area contributed by atoms with Crippen LogP contribution in [-0.4, -0.2) is 50.8 Å². The lowest BCUT2D eigenvalue weighted by atomic mass is 10.1. The minimum atomic E-state index is -0.274. The second kappa shape index (κ2) is 6.72. The second-order valence-corrected chi connectivity index (χ2v) is 7.80. The van der Waals surface area contributed by atoms with Crippen LogP contribution in [-0.2, 0) is 16.1 Å². The highest BCUT2D eigenvalue weighted by Gasteiger charge is 2.39. The molecule has 2 unspecified atom stereocenters. The standard InChI is InChI=1S/C18H17N3O2S2/c22-15-8-13(10-20(15)9-12-4-2-1-3-5-12)11-21-17(23)16-14(6-7-25-16)19-18(21)24/h1-7,13,16H,8-11H2. The zero-order valence-corrected chi connectivity index (χ0v) is 15.1. The van der Waals surface area contributed by atoms with Gasteiger partial charge in [-0.15, -0.1) is 11.8 Å². The van der Waals surface area contributed by atoms with Crippen molar-refractivity contribution in [2.45, 2.75) is 18.2 Å². The van der Waals surface area contributed by atoms with Crippen LogP contribution in [0.2, 0.25) is 0 Å². The van der Waals surface area contributed by atoms with E-state index in [0.717, 1.165) is 11.3 Å². The Balaban J connectivity index is 1.41. The van der Waals surface area contributed by atoms with Crippen molar-refractivity contribution >= 4 is 46.6 Å². The number of aliphatic imine (C=N–C) groups is 1. The number of carbonyl (C=O) groups excluding carboxylic acids is 2. The zero-order valence-electron chi connectivity index (χ0n) is 13.5. The van der Waals surface area contributed by atoms with Crippen molar-refractivity contribution in [2.24, 2.45) is 10.9 Å². The van der Waals surface area contributed by atoms with E-state index in [0.29, 0.717) is 31.2 Å². The Bertz CT molecular complexity index is 791. The van der Waals surface area contributed by atoms with Crippen molar-refractivity contribution < 1.29 is 9.59 Å². The first-order valence-electron chi connectivity index (χ1n) is 8.19. The van der Waals surface area contributed by atoms with Gasteiger partial charge in [-0.1, -0.05) is 30.3 Å². The molecule has 0 bridgehead atoms. The molecule has 0 N–H and O–H groups in total. The van der Waals surface area contributed by atoms with Gasteiger partial charge in [-0.2, -0.15) is 0 Å². The van der Waals surface area contributed by atoms with Gasteiger partial charge in [0.15, 0.2) is 0 Å². The Labute approximate surface area is 155 Å². The number of thioether (sulfide) groups is 1. The van der Waals surface area contributed by atoms with Crippen LogP contribution >= 0.6 is 24.0 Å². The largest absolute Gasteiger partial charge is 0.338 e. The fourth-order valence-corrected chi connectivity index (χ4v) is 4.55. The van der Waals surface area contributed by atoms with E-state index in [1.165, 1.54) is 11.8 Å². The first-order valence-corrected chi connectivity index (χ1v) is 9.54. The molecule has 2 amide bonds. The molecule has 5 nitrogen and oxygen atoms in total. The van der Waals surface area contributed by atoms with Gasteiger partial charge >= 0.3 is 0 Å². The third kappa shape index (κ3) is 3.26. The topological polar surface area (TPSA) is 53.0 Å². The van der Waals surface area contributed by atoms with Crippen molar-refractivity contribution in [3.8, 4) is 0 Å². The fraction of sp³-hybridized carbons (Fsp3) is 0.333. The molecular formula is C18H17N3O2S2. The smallest absolute Gasteiger partial charge is 0.248 e. The van der Waals surface area contributed by atoms with Crippen LogP contribution in [0.4, 0.5) is 0 Å². The van der Waals surface area contributed by atoms with Crippen molar-refractivity contribution in [1.82, 2.24) is 9.80 Å². The molecule has 0 aromatic heterocycles. The summed E-state index contributed by atoms with van der Waals surface area (Å²) in [7, 11) is 0. The predicted molar refractivity (Wildman–Crippen MR) is 102 cm³/mol. The number of rotatable bonds is 4. The first-order chi connectivity index (χ1) is 12.1. The summed E-state index contributed by atoms with van der Waals surface area (Å²) in [6.45, 7) is 1.72. The van der Waals surface area contributed by atoms with E-state index in [2.05, 4.69) is 4.99 Å². The van der Waals surface area contributed by atoms with Crippen LogP contribution in [0.1, 0.15) is 12.0 Å². The molecule has 25 heavy (non-hydrogen) atoms. The molecule has 1 aromatic carbocycles. The summed E-state index contributed by atoms with van der Waals surface area (Å²) in [6.07, 6.45) is 2.30. The lowest BCUT2D eigenvalue weighted by Crippen LogP contribution is -2.48. The molecule has 4 rings (SSSR count). The van der Waals surface area contributed by atoms with Gasteiger partial charge < -0.3 is 4.90 Å². The number of carbonyl (C=O) groups is 2. The summed E-state index contributed by atoms with van der Waals surface area (Å²) >= 11 is 6.76. The second-order valence-electron chi connectivity index (χ2n) is 6.42. The van der Waals surface area contributed by atoms with Crippen LogP contribution < -0.4 is 0 Å². The van der Waals surface area contributed by atoms with E-state index < -0.39 is 0 Å². The van der Waals surface area contributed by atoms with Crippen LogP contribution in [0.5, 0.6) is 0 Å². The summed E-state index contributed by atoms with van der Waals surface area (Å²) in [4.78, 5) is 32.8. The number of nitrogens with zero attached hydrogens (tertiary/aromatic N) is 3. The molecule has 3 aliphatic heterocycles. The summed E-state index contributed by atoms with van der Waals surface area (Å²) in [5.41, 5.74) is 1.85. The van der Waals surface area contributed by atoms with Crippen LogP contribution in [0.3, 0.4) is 0 Å². The normalized spacial score (nSPS) is 25.6. The molecule has 1 saturated heterocycles. The molecule has 3 aliphatic rings. The van der Waals surface area contributed by atoms with E-state index in [-0.39, 0.29) is 23.0 Å². The Hall–Kier alpha value is -1.99. The number of allylic oxidation sites excluding steroid dienone is 1. The maximum absolute atomic E-state index is 12.7. The summed E-state index contributed by atoms with van der Waals surface area (Å²) < 4.78 is 0. The molecular weight excluding hydrogens is 354 g/mol. The van der Waals surface area contributed by atoms with Gasteiger partial charge in [-0.3, -0.25) is 14.5 Å². The van der Waals surface area contributed by atoms with Crippen molar-refractivity contribution in [3.05, 3.63) is 47.4 Å². The molecule has 0 spiro atoms. The maximum atomic E-state index is 12.7. The van der Waals surface area contributed by atoms with Gasteiger partial charge in [0, 0.05) is 32.0 Å². The van der Waals surface area contributed by atoms with E-state index in [1.54, 1.807) is 4.90 Å². The van der Waals surface area contributed by atoms with E-state index in [9.17, 15) is 9.59 Å². The predicted octanol–water partition coefficient (Wildman–Crippen LogP) is 2.23. The van der Waals surface area contributed by atoms with Crippen LogP contribution in [0.25, 0.3) is 0 Å². The van der Waals surface area contributed by atoms with Crippen molar-refractivity contribution in [2.75, 3.05) is 13.1 Å². The van der Waals surface area contributed by atoms with Gasteiger partial charge in [-0.25, -0.2) is 4.99 Å². The van der Waals surface area contributed by atoms with Crippen LogP contribution in [0.15, 0.2) is 46.8 Å². The third-order valence-electron chi connectivity index (χ3n) is 4.62. The minimum Gasteiger partial charge on any atom is -0.338 e. The number of hydrogen-bond donors (Lipinski definition) is 0. The highest BCUT2D eigenvalue weighted by molar-refractivity contribution is 8.04. The molecule has 7 heteroatoms. The highest BCUT2D eigenvalue weighted by Crippen LogP contribution is 2.29. The average Bonchev–Trinajstić information content (AvgIpc) is 3.19. The van der Waals surface area contributed by atoms with Crippen molar-refractivity contribution in [3.63, 3.8) is 0 Å². The average molecular weight is 371 g/mol. The third-order valence-corrected chi connectivity index (χ3v) is 5.94. The monoisotopic (exact) mass is 371 g/mol.